The smallest absolute Gasteiger partial charge is 0.214 e. The lowest BCUT2D eigenvalue weighted by molar-refractivity contribution is 0.0977. The largest absolute Gasteiger partial charge is 0.359 e. The number of piperazine rings is 1. The monoisotopic (exact) mass is 455 g/mol. The van der Waals surface area contributed by atoms with E-state index in [2.05, 4.69) is 75.6 Å². The number of ketones is 1. The molecule has 0 radical (unpaired) electrons. The number of nitrogens with zero attached hydrogens (tertiary/aromatic N) is 3. The van der Waals surface area contributed by atoms with Crippen molar-refractivity contribution in [3.05, 3.63) is 125 Å². The first-order valence-corrected chi connectivity index (χ1v) is 11.5. The molecule has 1 aliphatic rings. The minimum atomic E-state index is -0.377. The standard InChI is InChI=1S/C28H26FN3O2/c29-24-13-11-23(12-14-24)28(33)26-19-25(34-30-26)20-31-15-17-32(18-16-31)27(21-7-3-1-4-8-21)22-9-5-2-6-10-22/h1-14,19,27H,15-18,20H2. The van der Waals surface area contributed by atoms with E-state index in [9.17, 15) is 9.18 Å². The van der Waals surface area contributed by atoms with Crippen molar-refractivity contribution in [2.24, 2.45) is 0 Å². The van der Waals surface area contributed by atoms with Crippen molar-refractivity contribution in [3.8, 4) is 0 Å². The van der Waals surface area contributed by atoms with Crippen LogP contribution in [-0.2, 0) is 6.54 Å². The number of halogens is 1. The molecule has 0 bridgehead atoms. The van der Waals surface area contributed by atoms with Gasteiger partial charge in [0.25, 0.3) is 0 Å². The number of aromatic nitrogens is 1. The van der Waals surface area contributed by atoms with E-state index in [-0.39, 0.29) is 23.3 Å². The lowest BCUT2D eigenvalue weighted by atomic mass is 9.96. The summed E-state index contributed by atoms with van der Waals surface area (Å²) in [5.74, 6) is 0.00765. The third-order valence-corrected chi connectivity index (χ3v) is 6.28. The predicted octanol–water partition coefficient (Wildman–Crippen LogP) is 4.95. The molecule has 0 spiro atoms. The van der Waals surface area contributed by atoms with Crippen molar-refractivity contribution in [1.29, 1.82) is 0 Å². The molecule has 0 N–H and O–H groups in total. The Bertz CT molecular complexity index is 1180. The van der Waals surface area contributed by atoms with Crippen LogP contribution in [0.25, 0.3) is 0 Å². The van der Waals surface area contributed by atoms with Crippen LogP contribution in [0.1, 0.15) is 39.0 Å². The van der Waals surface area contributed by atoms with Gasteiger partial charge in [-0.2, -0.15) is 0 Å². The second-order valence-electron chi connectivity index (χ2n) is 8.55. The summed E-state index contributed by atoms with van der Waals surface area (Å²) in [5.41, 5.74) is 3.22. The molecule has 5 rings (SSSR count). The minimum Gasteiger partial charge on any atom is -0.359 e. The Morgan fingerprint density at radius 2 is 1.44 bits per heavy atom. The summed E-state index contributed by atoms with van der Waals surface area (Å²) in [5, 5.41) is 3.95. The molecule has 0 aliphatic carbocycles. The van der Waals surface area contributed by atoms with Gasteiger partial charge in [0.05, 0.1) is 12.6 Å². The second kappa shape index (κ2) is 10.1. The van der Waals surface area contributed by atoms with Gasteiger partial charge >= 0.3 is 0 Å². The molecule has 1 saturated heterocycles. The molecule has 0 amide bonds. The van der Waals surface area contributed by atoms with E-state index in [0.717, 1.165) is 26.2 Å². The van der Waals surface area contributed by atoms with Crippen LogP contribution in [-0.4, -0.2) is 46.9 Å². The van der Waals surface area contributed by atoms with Crippen LogP contribution < -0.4 is 0 Å². The summed E-state index contributed by atoms with van der Waals surface area (Å²) in [6, 6.07) is 28.6. The van der Waals surface area contributed by atoms with E-state index in [1.807, 2.05) is 0 Å². The number of rotatable bonds is 7. The van der Waals surface area contributed by atoms with E-state index < -0.39 is 0 Å². The van der Waals surface area contributed by atoms with Gasteiger partial charge in [-0.25, -0.2) is 4.39 Å². The van der Waals surface area contributed by atoms with Crippen molar-refractivity contribution in [1.82, 2.24) is 15.0 Å². The highest BCUT2D eigenvalue weighted by Gasteiger charge is 2.27. The van der Waals surface area contributed by atoms with Gasteiger partial charge < -0.3 is 4.52 Å². The number of benzene rings is 3. The number of hydrogen-bond donors (Lipinski definition) is 0. The molecule has 172 valence electrons. The average Bonchev–Trinajstić information content (AvgIpc) is 3.35. The highest BCUT2D eigenvalue weighted by molar-refractivity contribution is 6.07. The van der Waals surface area contributed by atoms with Crippen LogP contribution in [0, 0.1) is 5.82 Å². The first-order chi connectivity index (χ1) is 16.7. The molecule has 3 aromatic carbocycles. The molecule has 34 heavy (non-hydrogen) atoms. The molecule has 6 heteroatoms. The number of hydrogen-bond acceptors (Lipinski definition) is 5. The maximum Gasteiger partial charge on any atom is 0.214 e. The van der Waals surface area contributed by atoms with Crippen LogP contribution in [0.5, 0.6) is 0 Å². The van der Waals surface area contributed by atoms with Gasteiger partial charge in [0.2, 0.25) is 5.78 Å². The lowest BCUT2D eigenvalue weighted by Crippen LogP contribution is -2.47. The summed E-state index contributed by atoms with van der Waals surface area (Å²) in [7, 11) is 0. The van der Waals surface area contributed by atoms with Crippen LogP contribution in [0.3, 0.4) is 0 Å². The Morgan fingerprint density at radius 1 is 0.853 bits per heavy atom. The average molecular weight is 456 g/mol. The van der Waals surface area contributed by atoms with Crippen LogP contribution in [0.15, 0.2) is 95.5 Å². The van der Waals surface area contributed by atoms with Crippen molar-refractivity contribution in [3.63, 3.8) is 0 Å². The summed E-state index contributed by atoms with van der Waals surface area (Å²) in [6.45, 7) is 4.21. The predicted molar refractivity (Wildman–Crippen MR) is 128 cm³/mol. The quantitative estimate of drug-likeness (QED) is 0.369. The zero-order valence-corrected chi connectivity index (χ0v) is 18.8. The first-order valence-electron chi connectivity index (χ1n) is 11.5. The van der Waals surface area contributed by atoms with Crippen LogP contribution >= 0.6 is 0 Å². The van der Waals surface area contributed by atoms with Gasteiger partial charge in [-0.1, -0.05) is 65.8 Å². The van der Waals surface area contributed by atoms with Gasteiger partial charge in [-0.3, -0.25) is 14.6 Å². The maximum atomic E-state index is 13.1. The van der Waals surface area contributed by atoms with Crippen molar-refractivity contribution in [2.75, 3.05) is 26.2 Å². The van der Waals surface area contributed by atoms with E-state index in [4.69, 9.17) is 4.52 Å². The lowest BCUT2D eigenvalue weighted by Gasteiger charge is -2.39. The van der Waals surface area contributed by atoms with E-state index in [1.165, 1.54) is 35.4 Å². The Morgan fingerprint density at radius 3 is 2.03 bits per heavy atom. The highest BCUT2D eigenvalue weighted by atomic mass is 19.1. The second-order valence-corrected chi connectivity index (χ2v) is 8.55. The van der Waals surface area contributed by atoms with Crippen LogP contribution in [0.2, 0.25) is 0 Å². The Balaban J connectivity index is 1.23. The fourth-order valence-electron chi connectivity index (χ4n) is 4.53. The van der Waals surface area contributed by atoms with Crippen molar-refractivity contribution in [2.45, 2.75) is 12.6 Å². The zero-order chi connectivity index (χ0) is 23.3. The topological polar surface area (TPSA) is 49.6 Å². The molecule has 0 unspecified atom stereocenters. The third-order valence-electron chi connectivity index (χ3n) is 6.28. The fraction of sp³-hybridized carbons (Fsp3) is 0.214. The third kappa shape index (κ3) is 4.98. The Kier molecular flexibility index (Phi) is 6.60. The van der Waals surface area contributed by atoms with E-state index >= 15 is 0 Å². The molecular formula is C28H26FN3O2. The number of carbonyl (C=O) groups excluding carboxylic acids is 1. The van der Waals surface area contributed by atoms with Gasteiger partial charge in [-0.05, 0) is 35.4 Å². The maximum absolute atomic E-state index is 13.1. The SMILES string of the molecule is O=C(c1ccc(F)cc1)c1cc(CN2CCN(C(c3ccccc3)c3ccccc3)CC2)on1. The summed E-state index contributed by atoms with van der Waals surface area (Å²) in [4.78, 5) is 17.4. The molecule has 1 aromatic heterocycles. The van der Waals surface area contributed by atoms with E-state index in [0.29, 0.717) is 17.9 Å². The molecule has 2 heterocycles. The summed E-state index contributed by atoms with van der Waals surface area (Å²) >= 11 is 0. The van der Waals surface area contributed by atoms with Gasteiger partial charge in [0, 0.05) is 37.8 Å². The summed E-state index contributed by atoms with van der Waals surface area (Å²) in [6.07, 6.45) is 0. The molecular weight excluding hydrogens is 429 g/mol. The van der Waals surface area contributed by atoms with Gasteiger partial charge in [-0.15, -0.1) is 0 Å². The Labute approximate surface area is 198 Å². The molecule has 1 fully saturated rings. The Hall–Kier alpha value is -3.61. The molecule has 5 nitrogen and oxygen atoms in total. The highest BCUT2D eigenvalue weighted by Crippen LogP contribution is 2.29. The molecule has 4 aromatic rings. The fourth-order valence-corrected chi connectivity index (χ4v) is 4.53. The van der Waals surface area contributed by atoms with Crippen molar-refractivity contribution >= 4 is 5.78 Å². The molecule has 0 atom stereocenters. The van der Waals surface area contributed by atoms with Gasteiger partial charge in [0.1, 0.15) is 5.82 Å². The molecule has 0 saturated carbocycles. The summed E-state index contributed by atoms with van der Waals surface area (Å²) < 4.78 is 18.6. The normalized spacial score (nSPS) is 15.0. The zero-order valence-electron chi connectivity index (χ0n) is 18.8. The van der Waals surface area contributed by atoms with E-state index in [1.54, 1.807) is 6.07 Å². The first kappa shape index (κ1) is 22.2. The van der Waals surface area contributed by atoms with Crippen LogP contribution in [0.4, 0.5) is 4.39 Å². The number of carbonyl (C=O) groups is 1. The van der Waals surface area contributed by atoms with Gasteiger partial charge in [0.15, 0.2) is 11.5 Å². The molecule has 1 aliphatic heterocycles. The van der Waals surface area contributed by atoms with Crippen molar-refractivity contribution < 1.29 is 13.7 Å². The minimum absolute atomic E-state index is 0.217.